The van der Waals surface area contributed by atoms with Crippen LogP contribution in [0, 0.1) is 5.92 Å². The first kappa shape index (κ1) is 26.7. The second-order valence-electron chi connectivity index (χ2n) is 11.9. The number of amides is 1. The van der Waals surface area contributed by atoms with Gasteiger partial charge in [0.1, 0.15) is 23.1 Å². The van der Waals surface area contributed by atoms with Gasteiger partial charge in [-0.2, -0.15) is 0 Å². The van der Waals surface area contributed by atoms with E-state index in [1.165, 1.54) is 17.7 Å². The highest BCUT2D eigenvalue weighted by Crippen LogP contribution is 2.38. The quantitative estimate of drug-likeness (QED) is 0.309. The standard InChI is InChI=1S/C31H31FN10O2/c1-39-28-24(9-20(11-26(28)44-2)31(43)40-15-21(32)13-22(33)16-40)35-30(39)25-10-19-5-6-23(34-29(19)41(25)14-17-3-4-17)18-7-8-42-27(12-18)36-37-38-42/h5-12,17,21-22H,3-4,13-16,33H2,1-2H3/t21-,22-/m1/s1. The van der Waals surface area contributed by atoms with Crippen LogP contribution in [0.2, 0.25) is 0 Å². The smallest absolute Gasteiger partial charge is 0.254 e. The maximum Gasteiger partial charge on any atom is 0.254 e. The molecule has 1 aliphatic heterocycles. The van der Waals surface area contributed by atoms with Crippen molar-refractivity contribution in [1.29, 1.82) is 0 Å². The summed E-state index contributed by atoms with van der Waals surface area (Å²) in [5.74, 6) is 1.56. The number of aryl methyl sites for hydroxylation is 1. The molecule has 5 aromatic heterocycles. The lowest BCUT2D eigenvalue weighted by molar-refractivity contribution is 0.0606. The van der Waals surface area contributed by atoms with Gasteiger partial charge in [-0.25, -0.2) is 18.9 Å². The number of benzene rings is 1. The van der Waals surface area contributed by atoms with Crippen LogP contribution in [-0.2, 0) is 13.6 Å². The van der Waals surface area contributed by atoms with Crippen LogP contribution in [0.5, 0.6) is 5.75 Å². The van der Waals surface area contributed by atoms with Crippen LogP contribution < -0.4 is 10.5 Å². The summed E-state index contributed by atoms with van der Waals surface area (Å²) >= 11 is 0. The molecule has 8 rings (SSSR count). The van der Waals surface area contributed by atoms with Gasteiger partial charge in [0.15, 0.2) is 11.5 Å². The van der Waals surface area contributed by atoms with Crippen LogP contribution in [0.25, 0.3) is 50.5 Å². The van der Waals surface area contributed by atoms with Gasteiger partial charge in [-0.15, -0.1) is 5.10 Å². The van der Waals surface area contributed by atoms with Crippen LogP contribution in [0.4, 0.5) is 4.39 Å². The number of hydrogen-bond donors (Lipinski definition) is 1. The van der Waals surface area contributed by atoms with Crippen LogP contribution in [0.3, 0.4) is 0 Å². The number of tetrazole rings is 1. The number of piperidine rings is 1. The third kappa shape index (κ3) is 4.46. The van der Waals surface area contributed by atoms with E-state index in [-0.39, 0.29) is 24.9 Å². The Hall–Kier alpha value is -4.91. The molecule has 1 aromatic carbocycles. The molecular formula is C31H31FN10O2. The molecule has 6 heterocycles. The average Bonchev–Trinajstić information content (AvgIpc) is 3.44. The van der Waals surface area contributed by atoms with Crippen molar-refractivity contribution in [2.75, 3.05) is 20.2 Å². The third-order valence-electron chi connectivity index (χ3n) is 8.72. The van der Waals surface area contributed by atoms with Crippen molar-refractivity contribution in [1.82, 2.24) is 44.0 Å². The highest BCUT2D eigenvalue weighted by atomic mass is 19.1. The Bertz CT molecular complexity index is 2070. The lowest BCUT2D eigenvalue weighted by Gasteiger charge is -2.33. The topological polar surface area (TPSA) is 134 Å². The van der Waals surface area contributed by atoms with E-state index in [0.29, 0.717) is 34.9 Å². The number of carbonyl (C=O) groups is 1. The summed E-state index contributed by atoms with van der Waals surface area (Å²) in [7, 11) is 3.53. The van der Waals surface area contributed by atoms with E-state index in [2.05, 4.69) is 32.2 Å². The molecule has 1 saturated heterocycles. The first-order chi connectivity index (χ1) is 21.4. The first-order valence-corrected chi connectivity index (χ1v) is 14.8. The molecule has 2 atom stereocenters. The van der Waals surface area contributed by atoms with E-state index in [1.54, 1.807) is 23.8 Å². The number of methoxy groups -OCH3 is 1. The van der Waals surface area contributed by atoms with E-state index in [1.807, 2.05) is 36.0 Å². The predicted molar refractivity (Wildman–Crippen MR) is 162 cm³/mol. The average molecular weight is 595 g/mol. The minimum Gasteiger partial charge on any atom is -0.494 e. The number of nitrogens with zero attached hydrogens (tertiary/aromatic N) is 9. The van der Waals surface area contributed by atoms with Crippen molar-refractivity contribution in [2.45, 2.75) is 38.0 Å². The number of likely N-dealkylation sites (tertiary alicyclic amines) is 1. The fourth-order valence-electron chi connectivity index (χ4n) is 6.36. The molecule has 1 amide bonds. The summed E-state index contributed by atoms with van der Waals surface area (Å²) in [4.78, 5) is 25.1. The Balaban J connectivity index is 1.24. The zero-order valence-electron chi connectivity index (χ0n) is 24.4. The number of carbonyl (C=O) groups excluding carboxylic acids is 1. The summed E-state index contributed by atoms with van der Waals surface area (Å²) in [5, 5.41) is 12.8. The molecule has 2 aliphatic rings. The molecule has 0 unspecified atom stereocenters. The van der Waals surface area contributed by atoms with Gasteiger partial charge in [-0.1, -0.05) is 0 Å². The Morgan fingerprint density at radius 3 is 2.77 bits per heavy atom. The van der Waals surface area contributed by atoms with E-state index < -0.39 is 6.17 Å². The largest absolute Gasteiger partial charge is 0.494 e. The van der Waals surface area contributed by atoms with Crippen molar-refractivity contribution in [3.8, 4) is 28.5 Å². The minimum absolute atomic E-state index is 0.0281. The molecule has 2 N–H and O–H groups in total. The summed E-state index contributed by atoms with van der Waals surface area (Å²) in [6.45, 7) is 1.17. The first-order valence-electron chi connectivity index (χ1n) is 14.8. The zero-order valence-corrected chi connectivity index (χ0v) is 24.4. The van der Waals surface area contributed by atoms with Gasteiger partial charge in [-0.3, -0.25) is 4.79 Å². The molecular weight excluding hydrogens is 563 g/mol. The van der Waals surface area contributed by atoms with Gasteiger partial charge in [0.05, 0.1) is 30.6 Å². The summed E-state index contributed by atoms with van der Waals surface area (Å²) in [5.41, 5.74) is 12.0. The van der Waals surface area contributed by atoms with Crippen molar-refractivity contribution in [2.24, 2.45) is 18.7 Å². The van der Waals surface area contributed by atoms with Gasteiger partial charge in [0.25, 0.3) is 5.91 Å². The minimum atomic E-state index is -1.14. The Kier molecular flexibility index (Phi) is 6.12. The van der Waals surface area contributed by atoms with Crippen molar-refractivity contribution in [3.05, 3.63) is 54.2 Å². The molecule has 44 heavy (non-hydrogen) atoms. The number of imidazole rings is 1. The van der Waals surface area contributed by atoms with Crippen LogP contribution >= 0.6 is 0 Å². The molecule has 12 nitrogen and oxygen atoms in total. The van der Waals surface area contributed by atoms with Crippen LogP contribution in [-0.4, -0.2) is 82.4 Å². The third-order valence-corrected chi connectivity index (χ3v) is 8.72. The Morgan fingerprint density at radius 2 is 1.98 bits per heavy atom. The van der Waals surface area contributed by atoms with Crippen LogP contribution in [0.1, 0.15) is 29.6 Å². The molecule has 0 radical (unpaired) electrons. The molecule has 0 spiro atoms. The second kappa shape index (κ2) is 10.1. The highest BCUT2D eigenvalue weighted by molar-refractivity contribution is 6.00. The van der Waals surface area contributed by atoms with Crippen LogP contribution in [0.15, 0.2) is 48.7 Å². The van der Waals surface area contributed by atoms with E-state index in [4.69, 9.17) is 20.4 Å². The molecule has 224 valence electrons. The monoisotopic (exact) mass is 594 g/mol. The lowest BCUT2D eigenvalue weighted by Crippen LogP contribution is -2.50. The van der Waals surface area contributed by atoms with Gasteiger partial charge >= 0.3 is 0 Å². The second-order valence-corrected chi connectivity index (χ2v) is 11.9. The van der Waals surface area contributed by atoms with Crippen molar-refractivity contribution >= 4 is 33.6 Å². The SMILES string of the molecule is COc1cc(C(=O)N2C[C@H](N)C[C@@H](F)C2)cc2nc(-c3cc4ccc(-c5ccn6nnnc6c5)nc4n3CC3CC3)n(C)c12. The van der Waals surface area contributed by atoms with Gasteiger partial charge in [-0.05, 0) is 78.1 Å². The van der Waals surface area contributed by atoms with Crippen molar-refractivity contribution in [3.63, 3.8) is 0 Å². The predicted octanol–water partition coefficient (Wildman–Crippen LogP) is 3.62. The molecule has 1 aliphatic carbocycles. The van der Waals surface area contributed by atoms with Crippen molar-refractivity contribution < 1.29 is 13.9 Å². The molecule has 1 saturated carbocycles. The van der Waals surface area contributed by atoms with E-state index >= 15 is 0 Å². The molecule has 13 heteroatoms. The number of halogens is 1. The van der Waals surface area contributed by atoms with E-state index in [0.717, 1.165) is 45.9 Å². The Morgan fingerprint density at radius 1 is 1.11 bits per heavy atom. The lowest BCUT2D eigenvalue weighted by atomic mass is 10.0. The number of pyridine rings is 2. The fourth-order valence-corrected chi connectivity index (χ4v) is 6.36. The van der Waals surface area contributed by atoms with Gasteiger partial charge in [0, 0.05) is 48.9 Å². The van der Waals surface area contributed by atoms with Gasteiger partial charge in [0.2, 0.25) is 0 Å². The maximum atomic E-state index is 14.3. The van der Waals surface area contributed by atoms with E-state index in [9.17, 15) is 9.18 Å². The fraction of sp³-hybridized carbons (Fsp3) is 0.355. The number of fused-ring (bicyclic) bond motifs is 3. The summed E-state index contributed by atoms with van der Waals surface area (Å²) < 4.78 is 25.9. The highest BCUT2D eigenvalue weighted by Gasteiger charge is 2.30. The number of nitrogens with two attached hydrogens (primary N) is 1. The molecule has 6 aromatic rings. The number of ether oxygens (including phenoxy) is 1. The normalized spacial score (nSPS) is 19.0. The number of alkyl halides is 1. The number of hydrogen-bond acceptors (Lipinski definition) is 8. The summed E-state index contributed by atoms with van der Waals surface area (Å²) in [6.07, 6.45) is 3.30. The number of rotatable bonds is 6. The maximum absolute atomic E-state index is 14.3. The number of aromatic nitrogens is 8. The summed E-state index contributed by atoms with van der Waals surface area (Å²) in [6, 6.07) is 13.2. The zero-order chi connectivity index (χ0) is 30.1. The Labute approximate surface area is 251 Å². The molecule has 2 fully saturated rings. The molecule has 0 bridgehead atoms. The van der Waals surface area contributed by atoms with Gasteiger partial charge < -0.3 is 24.5 Å².